The highest BCUT2D eigenvalue weighted by molar-refractivity contribution is 5.32. The molecule has 0 aliphatic rings. The predicted octanol–water partition coefficient (Wildman–Crippen LogP) is 2.12. The molecule has 1 aromatic carbocycles. The summed E-state index contributed by atoms with van der Waals surface area (Å²) in [4.78, 5) is 10.0. The summed E-state index contributed by atoms with van der Waals surface area (Å²) in [5, 5.41) is 10.4. The van der Waals surface area contributed by atoms with Crippen molar-refractivity contribution >= 4 is 5.69 Å². The molecule has 0 aromatic heterocycles. The van der Waals surface area contributed by atoms with Crippen LogP contribution in [0.3, 0.4) is 0 Å². The zero-order valence-electron chi connectivity index (χ0n) is 8.85. The van der Waals surface area contributed by atoms with E-state index in [2.05, 4.69) is 6.92 Å². The number of nitrogens with two attached hydrogens (primary N) is 1. The predicted molar refractivity (Wildman–Crippen MR) is 59.6 cm³/mol. The average Bonchev–Trinajstić information content (AvgIpc) is 2.18. The maximum absolute atomic E-state index is 10.4. The molecule has 1 aromatic rings. The van der Waals surface area contributed by atoms with E-state index in [9.17, 15) is 10.1 Å². The van der Waals surface area contributed by atoms with Crippen LogP contribution in [0.25, 0.3) is 0 Å². The Kier molecular flexibility index (Phi) is 4.24. The van der Waals surface area contributed by atoms with Crippen molar-refractivity contribution in [3.8, 4) is 0 Å². The zero-order valence-corrected chi connectivity index (χ0v) is 8.85. The quantitative estimate of drug-likeness (QED) is 0.595. The summed E-state index contributed by atoms with van der Waals surface area (Å²) in [5.74, 6) is 0.524. The molecule has 0 spiro atoms. The molecule has 0 amide bonds. The molecule has 0 bridgehead atoms. The van der Waals surface area contributed by atoms with Crippen LogP contribution in [0.2, 0.25) is 0 Å². The molecule has 15 heavy (non-hydrogen) atoms. The van der Waals surface area contributed by atoms with Crippen LogP contribution in [0.5, 0.6) is 0 Å². The van der Waals surface area contributed by atoms with Crippen LogP contribution in [0, 0.1) is 16.0 Å². The van der Waals surface area contributed by atoms with Crippen LogP contribution in [-0.4, -0.2) is 11.5 Å². The smallest absolute Gasteiger partial charge is 0.269 e. The molecule has 0 aliphatic carbocycles. The summed E-state index contributed by atoms with van der Waals surface area (Å²) < 4.78 is 0. The molecule has 0 radical (unpaired) electrons. The third kappa shape index (κ3) is 3.67. The number of nitrogens with zero attached hydrogens (tertiary/aromatic N) is 1. The third-order valence-corrected chi connectivity index (χ3v) is 2.39. The van der Waals surface area contributed by atoms with Gasteiger partial charge in [-0.25, -0.2) is 0 Å². The number of hydrogen-bond acceptors (Lipinski definition) is 3. The van der Waals surface area contributed by atoms with E-state index >= 15 is 0 Å². The maximum atomic E-state index is 10.4. The van der Waals surface area contributed by atoms with E-state index < -0.39 is 0 Å². The minimum Gasteiger partial charge on any atom is -0.330 e. The monoisotopic (exact) mass is 208 g/mol. The van der Waals surface area contributed by atoms with Gasteiger partial charge in [0.2, 0.25) is 0 Å². The normalized spacial score (nSPS) is 12.4. The van der Waals surface area contributed by atoms with E-state index in [0.29, 0.717) is 12.5 Å². The topological polar surface area (TPSA) is 69.2 Å². The summed E-state index contributed by atoms with van der Waals surface area (Å²) >= 11 is 0. The molecule has 0 saturated carbocycles. The van der Waals surface area contributed by atoms with Crippen LogP contribution in [0.15, 0.2) is 24.3 Å². The Hall–Kier alpha value is -1.42. The fourth-order valence-electron chi connectivity index (χ4n) is 1.54. The molecule has 0 heterocycles. The van der Waals surface area contributed by atoms with E-state index in [1.165, 1.54) is 0 Å². The molecule has 1 unspecified atom stereocenters. The molecular formula is C11H16N2O2. The largest absolute Gasteiger partial charge is 0.330 e. The van der Waals surface area contributed by atoms with Crippen molar-refractivity contribution in [3.63, 3.8) is 0 Å². The van der Waals surface area contributed by atoms with Gasteiger partial charge in [-0.1, -0.05) is 19.1 Å². The van der Waals surface area contributed by atoms with E-state index in [1.54, 1.807) is 12.1 Å². The Labute approximate surface area is 89.2 Å². The highest BCUT2D eigenvalue weighted by atomic mass is 16.6. The summed E-state index contributed by atoms with van der Waals surface area (Å²) in [6.07, 6.45) is 1.91. The Morgan fingerprint density at radius 3 is 2.47 bits per heavy atom. The number of rotatable bonds is 5. The standard InChI is InChI=1S/C11H16N2O2/c1-9(6-7-12)8-10-2-4-11(5-3-10)13(14)15/h2-5,9H,6-8,12H2,1H3. The van der Waals surface area contributed by atoms with Crippen molar-refractivity contribution in [3.05, 3.63) is 39.9 Å². The average molecular weight is 208 g/mol. The highest BCUT2D eigenvalue weighted by Gasteiger charge is 2.06. The van der Waals surface area contributed by atoms with Gasteiger partial charge in [0.1, 0.15) is 0 Å². The number of non-ortho nitro benzene ring substituents is 1. The van der Waals surface area contributed by atoms with E-state index in [0.717, 1.165) is 18.4 Å². The van der Waals surface area contributed by atoms with E-state index in [-0.39, 0.29) is 10.6 Å². The van der Waals surface area contributed by atoms with Gasteiger partial charge in [-0.15, -0.1) is 0 Å². The highest BCUT2D eigenvalue weighted by Crippen LogP contribution is 2.15. The fraction of sp³-hybridized carbons (Fsp3) is 0.455. The number of hydrogen-bond donors (Lipinski definition) is 1. The number of nitro groups is 1. The number of nitro benzene ring substituents is 1. The molecule has 0 aliphatic heterocycles. The van der Waals surface area contributed by atoms with E-state index in [1.807, 2.05) is 12.1 Å². The second kappa shape index (κ2) is 5.46. The van der Waals surface area contributed by atoms with Crippen LogP contribution in [-0.2, 0) is 6.42 Å². The first kappa shape index (κ1) is 11.7. The molecule has 0 fully saturated rings. The van der Waals surface area contributed by atoms with Gasteiger partial charge in [0.25, 0.3) is 5.69 Å². The third-order valence-electron chi connectivity index (χ3n) is 2.39. The van der Waals surface area contributed by atoms with Gasteiger partial charge in [-0.3, -0.25) is 10.1 Å². The van der Waals surface area contributed by atoms with Crippen molar-refractivity contribution in [2.45, 2.75) is 19.8 Å². The molecule has 4 heteroatoms. The van der Waals surface area contributed by atoms with Crippen LogP contribution in [0.1, 0.15) is 18.9 Å². The molecule has 2 N–H and O–H groups in total. The lowest BCUT2D eigenvalue weighted by molar-refractivity contribution is -0.384. The molecule has 1 atom stereocenters. The van der Waals surface area contributed by atoms with Crippen molar-refractivity contribution in [2.75, 3.05) is 6.54 Å². The summed E-state index contributed by atoms with van der Waals surface area (Å²) in [6, 6.07) is 6.71. The van der Waals surface area contributed by atoms with Crippen molar-refractivity contribution in [1.82, 2.24) is 0 Å². The first-order valence-electron chi connectivity index (χ1n) is 5.07. The Balaban J connectivity index is 2.60. The molecular weight excluding hydrogens is 192 g/mol. The summed E-state index contributed by atoms with van der Waals surface area (Å²) in [6.45, 7) is 2.82. The number of benzene rings is 1. The van der Waals surface area contributed by atoms with Gasteiger partial charge in [0.15, 0.2) is 0 Å². The van der Waals surface area contributed by atoms with Crippen LogP contribution < -0.4 is 5.73 Å². The zero-order chi connectivity index (χ0) is 11.3. The summed E-state index contributed by atoms with van der Waals surface area (Å²) in [5.41, 5.74) is 6.73. The maximum Gasteiger partial charge on any atom is 0.269 e. The van der Waals surface area contributed by atoms with Gasteiger partial charge >= 0.3 is 0 Å². The second-order valence-electron chi connectivity index (χ2n) is 3.81. The van der Waals surface area contributed by atoms with E-state index in [4.69, 9.17) is 5.73 Å². The summed E-state index contributed by atoms with van der Waals surface area (Å²) in [7, 11) is 0. The van der Waals surface area contributed by atoms with Crippen molar-refractivity contribution in [1.29, 1.82) is 0 Å². The van der Waals surface area contributed by atoms with Crippen LogP contribution >= 0.6 is 0 Å². The minimum absolute atomic E-state index is 0.144. The first-order chi connectivity index (χ1) is 7.13. The van der Waals surface area contributed by atoms with Crippen molar-refractivity contribution < 1.29 is 4.92 Å². The lowest BCUT2D eigenvalue weighted by Crippen LogP contribution is -2.07. The lowest BCUT2D eigenvalue weighted by atomic mass is 9.98. The Bertz CT molecular complexity index is 322. The molecule has 82 valence electrons. The van der Waals surface area contributed by atoms with Gasteiger partial charge in [0, 0.05) is 12.1 Å². The molecule has 0 saturated heterocycles. The molecule has 4 nitrogen and oxygen atoms in total. The van der Waals surface area contributed by atoms with Gasteiger partial charge in [-0.05, 0) is 30.9 Å². The Morgan fingerprint density at radius 1 is 1.40 bits per heavy atom. The molecule has 1 rings (SSSR count). The van der Waals surface area contributed by atoms with Gasteiger partial charge in [0.05, 0.1) is 4.92 Å². The fourth-order valence-corrected chi connectivity index (χ4v) is 1.54. The van der Waals surface area contributed by atoms with Crippen molar-refractivity contribution in [2.24, 2.45) is 11.7 Å². The SMILES string of the molecule is CC(CCN)Cc1ccc([N+](=O)[O-])cc1. The second-order valence-corrected chi connectivity index (χ2v) is 3.81. The van der Waals surface area contributed by atoms with Gasteiger partial charge in [-0.2, -0.15) is 0 Å². The van der Waals surface area contributed by atoms with Gasteiger partial charge < -0.3 is 5.73 Å². The minimum atomic E-state index is -0.382. The lowest BCUT2D eigenvalue weighted by Gasteiger charge is -2.09. The van der Waals surface area contributed by atoms with Crippen LogP contribution in [0.4, 0.5) is 5.69 Å². The Morgan fingerprint density at radius 2 is 2.00 bits per heavy atom. The first-order valence-corrected chi connectivity index (χ1v) is 5.07.